The van der Waals surface area contributed by atoms with Gasteiger partial charge in [-0.05, 0) is 17.0 Å². The number of nitrogens with zero attached hydrogens (tertiary/aromatic N) is 2. The Balaban J connectivity index is 3.58. The SMILES string of the molecule is CC(C)(C)c1cc(O)c([N+](=O)[O-])c([N+](=O)[O-])c1. The summed E-state index contributed by atoms with van der Waals surface area (Å²) in [5.41, 5.74) is -1.55. The molecule has 7 nitrogen and oxygen atoms in total. The topological polar surface area (TPSA) is 107 Å². The molecule has 7 heteroatoms. The fourth-order valence-electron chi connectivity index (χ4n) is 1.36. The van der Waals surface area contributed by atoms with E-state index in [-0.39, 0.29) is 0 Å². The number of hydrogen-bond acceptors (Lipinski definition) is 5. The lowest BCUT2D eigenvalue weighted by Gasteiger charge is -2.18. The van der Waals surface area contributed by atoms with Crippen molar-refractivity contribution in [2.75, 3.05) is 0 Å². The van der Waals surface area contributed by atoms with Gasteiger partial charge in [-0.2, -0.15) is 0 Å². The Morgan fingerprint density at radius 1 is 1.12 bits per heavy atom. The fourth-order valence-corrected chi connectivity index (χ4v) is 1.36. The molecule has 0 aromatic heterocycles. The second kappa shape index (κ2) is 4.00. The van der Waals surface area contributed by atoms with Crippen LogP contribution in [0.2, 0.25) is 0 Å². The minimum atomic E-state index is -0.958. The molecule has 0 fully saturated rings. The molecule has 0 radical (unpaired) electrons. The molecule has 0 atom stereocenters. The van der Waals surface area contributed by atoms with Gasteiger partial charge in [-0.3, -0.25) is 20.2 Å². The average molecular weight is 240 g/mol. The summed E-state index contributed by atoms with van der Waals surface area (Å²) in [5, 5.41) is 30.9. The molecule has 92 valence electrons. The summed E-state index contributed by atoms with van der Waals surface area (Å²) in [4.78, 5) is 19.6. The molecule has 0 saturated carbocycles. The van der Waals surface area contributed by atoms with Crippen LogP contribution in [0.25, 0.3) is 0 Å². The number of nitro benzene ring substituents is 2. The van der Waals surface area contributed by atoms with Gasteiger partial charge in [-0.1, -0.05) is 20.8 Å². The minimum Gasteiger partial charge on any atom is -0.502 e. The standard InChI is InChI=1S/C10H12N2O5/c1-10(2,3)6-4-7(11(14)15)9(12(16)17)8(13)5-6/h4-5,13H,1-3H3. The Labute approximate surface area is 97.0 Å². The molecule has 0 amide bonds. The van der Waals surface area contributed by atoms with E-state index in [1.165, 1.54) is 6.07 Å². The van der Waals surface area contributed by atoms with Gasteiger partial charge >= 0.3 is 11.4 Å². The van der Waals surface area contributed by atoms with Crippen molar-refractivity contribution in [3.8, 4) is 5.75 Å². The molecule has 17 heavy (non-hydrogen) atoms. The Bertz CT molecular complexity index is 490. The van der Waals surface area contributed by atoms with E-state index in [1.807, 2.05) is 0 Å². The Morgan fingerprint density at radius 2 is 1.65 bits per heavy atom. The second-order valence-corrected chi connectivity index (χ2v) is 4.63. The number of aromatic hydroxyl groups is 1. The second-order valence-electron chi connectivity index (χ2n) is 4.63. The molecule has 0 saturated heterocycles. The fraction of sp³-hybridized carbons (Fsp3) is 0.400. The highest BCUT2D eigenvalue weighted by atomic mass is 16.6. The predicted molar refractivity (Wildman–Crippen MR) is 60.1 cm³/mol. The molecular weight excluding hydrogens is 228 g/mol. The van der Waals surface area contributed by atoms with Crippen LogP contribution in [0.4, 0.5) is 11.4 Å². The number of benzene rings is 1. The lowest BCUT2D eigenvalue weighted by Crippen LogP contribution is -2.12. The number of rotatable bonds is 2. The normalized spacial score (nSPS) is 11.2. The summed E-state index contributed by atoms with van der Waals surface area (Å²) >= 11 is 0. The van der Waals surface area contributed by atoms with Crippen LogP contribution in [0, 0.1) is 20.2 Å². The predicted octanol–water partition coefficient (Wildman–Crippen LogP) is 2.51. The van der Waals surface area contributed by atoms with E-state index in [9.17, 15) is 25.3 Å². The van der Waals surface area contributed by atoms with Crippen LogP contribution in [0.5, 0.6) is 5.75 Å². The third-order valence-electron chi connectivity index (χ3n) is 2.31. The van der Waals surface area contributed by atoms with Crippen molar-refractivity contribution >= 4 is 11.4 Å². The molecule has 0 spiro atoms. The first kappa shape index (κ1) is 12.9. The van der Waals surface area contributed by atoms with Crippen molar-refractivity contribution in [3.63, 3.8) is 0 Å². The van der Waals surface area contributed by atoms with Crippen LogP contribution in [-0.4, -0.2) is 15.0 Å². The average Bonchev–Trinajstić information content (AvgIpc) is 2.13. The lowest BCUT2D eigenvalue weighted by molar-refractivity contribution is -0.423. The third kappa shape index (κ3) is 2.49. The maximum absolute atomic E-state index is 10.7. The smallest absolute Gasteiger partial charge is 0.387 e. The van der Waals surface area contributed by atoms with Crippen molar-refractivity contribution in [1.82, 2.24) is 0 Å². The van der Waals surface area contributed by atoms with Gasteiger partial charge in [0.1, 0.15) is 0 Å². The first-order chi connectivity index (χ1) is 7.64. The molecular formula is C10H12N2O5. The van der Waals surface area contributed by atoms with Gasteiger partial charge in [0.05, 0.1) is 9.85 Å². The summed E-state index contributed by atoms with van der Waals surface area (Å²) in [5.74, 6) is -0.686. The largest absolute Gasteiger partial charge is 0.502 e. The van der Waals surface area contributed by atoms with Crippen LogP contribution >= 0.6 is 0 Å². The van der Waals surface area contributed by atoms with E-state index in [0.29, 0.717) is 5.56 Å². The molecule has 0 aliphatic rings. The van der Waals surface area contributed by atoms with Gasteiger partial charge < -0.3 is 5.11 Å². The van der Waals surface area contributed by atoms with E-state index in [2.05, 4.69) is 0 Å². The zero-order chi connectivity index (χ0) is 13.4. The lowest BCUT2D eigenvalue weighted by atomic mass is 9.86. The molecule has 1 N–H and O–H groups in total. The number of phenolic OH excluding ortho intramolecular Hbond substituents is 1. The van der Waals surface area contributed by atoms with Gasteiger partial charge in [0.15, 0.2) is 0 Å². The highest BCUT2D eigenvalue weighted by molar-refractivity contribution is 5.63. The summed E-state index contributed by atoms with van der Waals surface area (Å²) in [7, 11) is 0. The first-order valence-corrected chi connectivity index (χ1v) is 4.81. The molecule has 0 bridgehead atoms. The Kier molecular flexibility index (Phi) is 3.03. The van der Waals surface area contributed by atoms with Crippen molar-refractivity contribution in [1.29, 1.82) is 0 Å². The molecule has 0 aliphatic carbocycles. The Hall–Kier alpha value is -2.18. The third-order valence-corrected chi connectivity index (χ3v) is 2.31. The van der Waals surface area contributed by atoms with E-state index in [4.69, 9.17) is 0 Å². The maximum Gasteiger partial charge on any atom is 0.387 e. The maximum atomic E-state index is 10.7. The molecule has 0 heterocycles. The van der Waals surface area contributed by atoms with Crippen molar-refractivity contribution in [2.45, 2.75) is 26.2 Å². The van der Waals surface area contributed by atoms with E-state index < -0.39 is 32.4 Å². The van der Waals surface area contributed by atoms with Crippen molar-refractivity contribution < 1.29 is 15.0 Å². The summed E-state index contributed by atoms with van der Waals surface area (Å²) in [6.45, 7) is 5.37. The van der Waals surface area contributed by atoms with Crippen molar-refractivity contribution in [3.05, 3.63) is 37.9 Å². The van der Waals surface area contributed by atoms with Gasteiger partial charge in [0.2, 0.25) is 5.75 Å². The van der Waals surface area contributed by atoms with E-state index in [0.717, 1.165) is 6.07 Å². The van der Waals surface area contributed by atoms with Gasteiger partial charge in [0.25, 0.3) is 0 Å². The number of phenols is 1. The minimum absolute atomic E-state index is 0.447. The monoisotopic (exact) mass is 240 g/mol. The van der Waals surface area contributed by atoms with Crippen LogP contribution in [0.15, 0.2) is 12.1 Å². The quantitative estimate of drug-likeness (QED) is 0.631. The van der Waals surface area contributed by atoms with E-state index >= 15 is 0 Å². The molecule has 1 aromatic carbocycles. The van der Waals surface area contributed by atoms with Gasteiger partial charge in [0, 0.05) is 6.07 Å². The highest BCUT2D eigenvalue weighted by Crippen LogP contribution is 2.39. The van der Waals surface area contributed by atoms with Crippen LogP contribution in [0.3, 0.4) is 0 Å². The molecule has 1 aromatic rings. The zero-order valence-corrected chi connectivity index (χ0v) is 9.63. The summed E-state index contributed by atoms with van der Waals surface area (Å²) in [6, 6.07) is 2.31. The van der Waals surface area contributed by atoms with E-state index in [1.54, 1.807) is 20.8 Å². The summed E-state index contributed by atoms with van der Waals surface area (Å²) in [6.07, 6.45) is 0. The zero-order valence-electron chi connectivity index (χ0n) is 9.63. The molecule has 0 aliphatic heterocycles. The van der Waals surface area contributed by atoms with Gasteiger partial charge in [-0.25, -0.2) is 0 Å². The molecule has 0 unspecified atom stereocenters. The highest BCUT2D eigenvalue weighted by Gasteiger charge is 2.32. The molecule has 1 rings (SSSR count). The van der Waals surface area contributed by atoms with Crippen LogP contribution in [-0.2, 0) is 5.41 Å². The number of hydrogen-bond donors (Lipinski definition) is 1. The van der Waals surface area contributed by atoms with Gasteiger partial charge in [-0.15, -0.1) is 0 Å². The van der Waals surface area contributed by atoms with Crippen LogP contribution < -0.4 is 0 Å². The van der Waals surface area contributed by atoms with Crippen molar-refractivity contribution in [2.24, 2.45) is 0 Å². The van der Waals surface area contributed by atoms with Crippen LogP contribution in [0.1, 0.15) is 26.3 Å². The Morgan fingerprint density at radius 3 is 2.00 bits per heavy atom. The summed E-state index contributed by atoms with van der Waals surface area (Å²) < 4.78 is 0. The first-order valence-electron chi connectivity index (χ1n) is 4.81. The number of nitro groups is 2.